The van der Waals surface area contributed by atoms with Crippen LogP contribution >= 0.6 is 0 Å². The van der Waals surface area contributed by atoms with E-state index in [2.05, 4.69) is 49.4 Å². The monoisotopic (exact) mass is 484 g/mol. The molecule has 2 aliphatic rings. The van der Waals surface area contributed by atoms with Crippen LogP contribution in [0.4, 0.5) is 11.6 Å². The second-order valence-corrected chi connectivity index (χ2v) is 9.50. The van der Waals surface area contributed by atoms with Crippen molar-refractivity contribution in [3.05, 3.63) is 82.1 Å². The number of H-pyrrole nitrogens is 1. The number of fused-ring (bicyclic) bond motifs is 2. The Labute approximate surface area is 208 Å². The van der Waals surface area contributed by atoms with Gasteiger partial charge in [0, 0.05) is 38.6 Å². The number of hydrogen-bond acceptors (Lipinski definition) is 7. The van der Waals surface area contributed by atoms with Crippen LogP contribution in [0.1, 0.15) is 23.1 Å². The van der Waals surface area contributed by atoms with Crippen molar-refractivity contribution in [3.63, 3.8) is 0 Å². The number of aromatic amines is 1. The fourth-order valence-electron chi connectivity index (χ4n) is 5.17. The minimum atomic E-state index is -0.466. The van der Waals surface area contributed by atoms with E-state index in [-0.39, 0.29) is 5.91 Å². The maximum atomic E-state index is 12.8. The van der Waals surface area contributed by atoms with Crippen molar-refractivity contribution < 1.29 is 9.21 Å². The molecule has 36 heavy (non-hydrogen) atoms. The van der Waals surface area contributed by atoms with E-state index < -0.39 is 5.76 Å². The zero-order chi connectivity index (χ0) is 24.5. The number of oxazole rings is 1. The third-order valence-electron chi connectivity index (χ3n) is 7.13. The van der Waals surface area contributed by atoms with Gasteiger partial charge in [-0.05, 0) is 48.1 Å². The Morgan fingerprint density at radius 1 is 1.03 bits per heavy atom. The van der Waals surface area contributed by atoms with Gasteiger partial charge < -0.3 is 19.5 Å². The Kier molecular flexibility index (Phi) is 5.88. The molecule has 6 rings (SSSR count). The van der Waals surface area contributed by atoms with Crippen molar-refractivity contribution >= 4 is 28.6 Å². The molecule has 2 aromatic carbocycles. The quantitative estimate of drug-likeness (QED) is 0.433. The average Bonchev–Trinajstić information content (AvgIpc) is 3.49. The molecule has 0 spiro atoms. The van der Waals surface area contributed by atoms with Gasteiger partial charge in [0.05, 0.1) is 23.6 Å². The van der Waals surface area contributed by atoms with Gasteiger partial charge in [0.15, 0.2) is 5.58 Å². The van der Waals surface area contributed by atoms with Crippen LogP contribution in [0.2, 0.25) is 0 Å². The molecule has 184 valence electrons. The third-order valence-corrected chi connectivity index (χ3v) is 7.13. The van der Waals surface area contributed by atoms with E-state index in [4.69, 9.17) is 4.42 Å². The van der Waals surface area contributed by atoms with Gasteiger partial charge in [-0.2, -0.15) is 0 Å². The lowest BCUT2D eigenvalue weighted by Gasteiger charge is -2.35. The normalized spacial score (nSPS) is 15.9. The van der Waals surface area contributed by atoms with Crippen LogP contribution in [0, 0.1) is 0 Å². The summed E-state index contributed by atoms with van der Waals surface area (Å²) in [5, 5.41) is 3.46. The summed E-state index contributed by atoms with van der Waals surface area (Å²) in [5.74, 6) is 0.327. The molecule has 0 bridgehead atoms. The smallest absolute Gasteiger partial charge is 0.408 e. The standard InChI is InChI=1S/C27H28N6O3/c34-25(8-6-18-5-7-23-24(13-18)36-27(35)31-23)33-11-9-32(10-12-33)22-16-28-26(29-17-22)30-21-14-19-3-1-2-4-20(19)15-21/h1-5,7,13,16-17,21H,6,8-12,14-15H2,(H,31,35)(H,28,29,30). The van der Waals surface area contributed by atoms with Gasteiger partial charge in [-0.3, -0.25) is 9.78 Å². The Hall–Kier alpha value is -4.14. The molecule has 1 amide bonds. The number of anilines is 2. The fourth-order valence-corrected chi connectivity index (χ4v) is 5.17. The first kappa shape index (κ1) is 22.3. The predicted octanol–water partition coefficient (Wildman–Crippen LogP) is 2.77. The molecule has 9 nitrogen and oxygen atoms in total. The average molecular weight is 485 g/mol. The molecule has 4 aromatic rings. The SMILES string of the molecule is O=C(CCc1ccc2[nH]c(=O)oc2c1)N1CCN(c2cnc(NC3Cc4ccccc4C3)nc2)CC1. The summed E-state index contributed by atoms with van der Waals surface area (Å²) in [5.41, 5.74) is 5.94. The van der Waals surface area contributed by atoms with Crippen molar-refractivity contribution in [2.75, 3.05) is 36.4 Å². The number of rotatable bonds is 6. The molecule has 3 heterocycles. The van der Waals surface area contributed by atoms with Crippen LogP contribution in [0.25, 0.3) is 11.1 Å². The number of aromatic nitrogens is 3. The lowest BCUT2D eigenvalue weighted by atomic mass is 10.1. The van der Waals surface area contributed by atoms with Gasteiger partial charge in [0.1, 0.15) is 0 Å². The molecular weight excluding hydrogens is 456 g/mol. The zero-order valence-electron chi connectivity index (χ0n) is 19.9. The van der Waals surface area contributed by atoms with Crippen molar-refractivity contribution in [3.8, 4) is 0 Å². The first-order chi connectivity index (χ1) is 17.6. The van der Waals surface area contributed by atoms with Gasteiger partial charge in [-0.1, -0.05) is 30.3 Å². The summed E-state index contributed by atoms with van der Waals surface area (Å²) in [6.45, 7) is 2.84. The first-order valence-electron chi connectivity index (χ1n) is 12.4. The van der Waals surface area contributed by atoms with E-state index in [1.807, 2.05) is 35.5 Å². The number of amides is 1. The largest absolute Gasteiger partial charge is 0.417 e. The van der Waals surface area contributed by atoms with Gasteiger partial charge in [-0.15, -0.1) is 0 Å². The summed E-state index contributed by atoms with van der Waals surface area (Å²) in [4.78, 5) is 40.0. The molecule has 0 saturated carbocycles. The first-order valence-corrected chi connectivity index (χ1v) is 12.4. The molecule has 2 N–H and O–H groups in total. The third kappa shape index (κ3) is 4.68. The summed E-state index contributed by atoms with van der Waals surface area (Å²) in [7, 11) is 0. The number of benzene rings is 2. The van der Waals surface area contributed by atoms with Gasteiger partial charge in [0.2, 0.25) is 11.9 Å². The molecule has 0 atom stereocenters. The van der Waals surface area contributed by atoms with Gasteiger partial charge in [-0.25, -0.2) is 14.8 Å². The zero-order valence-corrected chi connectivity index (χ0v) is 19.9. The van der Waals surface area contributed by atoms with Gasteiger partial charge >= 0.3 is 5.76 Å². The van der Waals surface area contributed by atoms with Crippen molar-refractivity contribution in [2.24, 2.45) is 0 Å². The number of piperazine rings is 1. The van der Waals surface area contributed by atoms with Crippen molar-refractivity contribution in [1.29, 1.82) is 0 Å². The Morgan fingerprint density at radius 3 is 2.47 bits per heavy atom. The fraction of sp³-hybridized carbons (Fsp3) is 0.333. The van der Waals surface area contributed by atoms with Crippen LogP contribution in [0.5, 0.6) is 0 Å². The lowest BCUT2D eigenvalue weighted by Crippen LogP contribution is -2.48. The second kappa shape index (κ2) is 9.49. The molecule has 9 heteroatoms. The molecule has 1 aliphatic heterocycles. The molecular formula is C27H28N6O3. The number of aryl methyl sites for hydroxylation is 1. The van der Waals surface area contributed by atoms with E-state index in [0.717, 1.165) is 37.2 Å². The highest BCUT2D eigenvalue weighted by molar-refractivity contribution is 5.77. The van der Waals surface area contributed by atoms with Crippen LogP contribution in [0.15, 0.2) is 64.1 Å². The number of carbonyl (C=O) groups is 1. The summed E-state index contributed by atoms with van der Waals surface area (Å²) < 4.78 is 5.11. The van der Waals surface area contributed by atoms with Crippen molar-refractivity contribution in [1.82, 2.24) is 19.9 Å². The summed E-state index contributed by atoms with van der Waals surface area (Å²) in [6.07, 6.45) is 6.75. The van der Waals surface area contributed by atoms with E-state index in [0.29, 0.717) is 49.0 Å². The highest BCUT2D eigenvalue weighted by Gasteiger charge is 2.23. The van der Waals surface area contributed by atoms with Crippen molar-refractivity contribution in [2.45, 2.75) is 31.7 Å². The van der Waals surface area contributed by atoms with Crippen LogP contribution < -0.4 is 16.0 Å². The van der Waals surface area contributed by atoms with Crippen LogP contribution in [-0.4, -0.2) is 58.0 Å². The van der Waals surface area contributed by atoms with E-state index in [9.17, 15) is 9.59 Å². The van der Waals surface area contributed by atoms with E-state index in [1.54, 1.807) is 0 Å². The number of nitrogens with one attached hydrogen (secondary N) is 2. The van der Waals surface area contributed by atoms with Crippen LogP contribution in [-0.2, 0) is 24.1 Å². The minimum absolute atomic E-state index is 0.138. The molecule has 1 fully saturated rings. The maximum absolute atomic E-state index is 12.8. The minimum Gasteiger partial charge on any atom is -0.408 e. The highest BCUT2D eigenvalue weighted by Crippen LogP contribution is 2.24. The number of hydrogen-bond donors (Lipinski definition) is 2. The Bertz CT molecular complexity index is 1410. The molecule has 0 radical (unpaired) electrons. The summed E-state index contributed by atoms with van der Waals surface area (Å²) >= 11 is 0. The van der Waals surface area contributed by atoms with Crippen LogP contribution in [0.3, 0.4) is 0 Å². The molecule has 2 aromatic heterocycles. The second-order valence-electron chi connectivity index (χ2n) is 9.50. The topological polar surface area (TPSA) is 107 Å². The summed E-state index contributed by atoms with van der Waals surface area (Å²) in [6, 6.07) is 14.4. The predicted molar refractivity (Wildman–Crippen MR) is 137 cm³/mol. The Morgan fingerprint density at radius 2 is 1.75 bits per heavy atom. The van der Waals surface area contributed by atoms with E-state index >= 15 is 0 Å². The Balaban J connectivity index is 0.980. The van der Waals surface area contributed by atoms with Gasteiger partial charge in [0.25, 0.3) is 0 Å². The number of carbonyl (C=O) groups excluding carboxylic acids is 1. The molecule has 1 saturated heterocycles. The highest BCUT2D eigenvalue weighted by atomic mass is 16.4. The maximum Gasteiger partial charge on any atom is 0.417 e. The number of nitrogens with zero attached hydrogens (tertiary/aromatic N) is 4. The lowest BCUT2D eigenvalue weighted by molar-refractivity contribution is -0.131. The molecule has 0 unspecified atom stereocenters. The van der Waals surface area contributed by atoms with E-state index in [1.165, 1.54) is 11.1 Å². The molecule has 1 aliphatic carbocycles.